The molecular weight excluding hydrogens is 188 g/mol. The van der Waals surface area contributed by atoms with Gasteiger partial charge < -0.3 is 9.47 Å². The summed E-state index contributed by atoms with van der Waals surface area (Å²) in [5.74, 6) is 0. The van der Waals surface area contributed by atoms with Gasteiger partial charge in [0.1, 0.15) is 0 Å². The Hall–Kier alpha value is -0.250. The van der Waals surface area contributed by atoms with Crippen molar-refractivity contribution in [2.24, 2.45) is 0 Å². The fraction of sp³-hybridized carbons (Fsp3) is 0.800. The van der Waals surface area contributed by atoms with Gasteiger partial charge in [-0.3, -0.25) is 0 Å². The van der Waals surface area contributed by atoms with E-state index in [4.69, 9.17) is 0 Å². The molecule has 1 unspecified atom stereocenters. The molecule has 1 saturated heterocycles. The molecule has 1 aliphatic rings. The molecule has 1 heterocycles. The number of hydrogen-bond acceptors (Lipinski definition) is 3. The van der Waals surface area contributed by atoms with E-state index in [1.54, 1.807) is 0 Å². The number of carbonyl (C=O) groups is 1. The highest BCUT2D eigenvalue weighted by Gasteiger charge is 2.15. The third-order valence-electron chi connectivity index (χ3n) is 1.02. The van der Waals surface area contributed by atoms with Crippen molar-refractivity contribution < 1.29 is 14.3 Å². The van der Waals surface area contributed by atoms with Crippen molar-refractivity contribution in [2.75, 3.05) is 6.61 Å². The molecule has 0 N–H and O–H groups in total. The molecule has 0 spiro atoms. The fourth-order valence-corrected chi connectivity index (χ4v) is 1.07. The highest BCUT2D eigenvalue weighted by atomic mass is 79.9. The molecule has 3 nitrogen and oxygen atoms in total. The quantitative estimate of drug-likeness (QED) is 0.435. The summed E-state index contributed by atoms with van der Waals surface area (Å²) in [6.45, 7) is 0.473. The van der Waals surface area contributed by atoms with Gasteiger partial charge in [0.15, 0.2) is 5.01 Å². The molecule has 0 aromatic carbocycles. The van der Waals surface area contributed by atoms with E-state index in [0.29, 0.717) is 6.61 Å². The summed E-state index contributed by atoms with van der Waals surface area (Å²) in [6.07, 6.45) is 1.11. The molecule has 1 rings (SSSR count). The number of cyclic esters (lactones) is 2. The van der Waals surface area contributed by atoms with E-state index in [1.807, 2.05) is 0 Å². The molecule has 9 heavy (non-hydrogen) atoms. The highest BCUT2D eigenvalue weighted by molar-refractivity contribution is 9.09. The molecule has 1 fully saturated rings. The van der Waals surface area contributed by atoms with Crippen molar-refractivity contribution in [3.63, 3.8) is 0 Å². The number of rotatable bonds is 0. The van der Waals surface area contributed by atoms with Crippen molar-refractivity contribution in [3.05, 3.63) is 0 Å². The van der Waals surface area contributed by atoms with Crippen LogP contribution in [0.1, 0.15) is 12.8 Å². The molecule has 1 aliphatic heterocycles. The van der Waals surface area contributed by atoms with Gasteiger partial charge in [0.05, 0.1) is 6.61 Å². The lowest BCUT2D eigenvalue weighted by atomic mass is 10.3. The van der Waals surface area contributed by atoms with E-state index in [0.717, 1.165) is 12.8 Å². The minimum Gasteiger partial charge on any atom is -0.434 e. The Morgan fingerprint density at radius 3 is 3.22 bits per heavy atom. The van der Waals surface area contributed by atoms with E-state index in [-0.39, 0.29) is 5.01 Å². The maximum atomic E-state index is 10.4. The Balaban J connectivity index is 2.37. The minimum absolute atomic E-state index is 0.160. The Labute approximate surface area is 61.4 Å². The van der Waals surface area contributed by atoms with Gasteiger partial charge >= 0.3 is 6.16 Å². The number of halogens is 1. The van der Waals surface area contributed by atoms with Gasteiger partial charge in [-0.05, 0) is 28.8 Å². The second-order valence-corrected chi connectivity index (χ2v) is 2.79. The summed E-state index contributed by atoms with van der Waals surface area (Å²) >= 11 is 3.16. The lowest BCUT2D eigenvalue weighted by molar-refractivity contribution is 0.0670. The largest absolute Gasteiger partial charge is 0.509 e. The monoisotopic (exact) mass is 194 g/mol. The smallest absolute Gasteiger partial charge is 0.434 e. The zero-order valence-electron chi connectivity index (χ0n) is 4.80. The van der Waals surface area contributed by atoms with Crippen LogP contribution in [-0.4, -0.2) is 17.8 Å². The van der Waals surface area contributed by atoms with Gasteiger partial charge in [0, 0.05) is 0 Å². The molecule has 52 valence electrons. The van der Waals surface area contributed by atoms with Gasteiger partial charge in [0.25, 0.3) is 0 Å². The first-order valence-corrected chi connectivity index (χ1v) is 3.68. The lowest BCUT2D eigenvalue weighted by Gasteiger charge is -2.02. The first kappa shape index (κ1) is 6.86. The second-order valence-electron chi connectivity index (χ2n) is 1.77. The molecular formula is C5H7BrO3. The molecule has 1 atom stereocenters. The van der Waals surface area contributed by atoms with E-state index >= 15 is 0 Å². The normalized spacial score (nSPS) is 28.1. The molecule has 4 heteroatoms. The van der Waals surface area contributed by atoms with Gasteiger partial charge in [-0.25, -0.2) is 4.79 Å². The SMILES string of the molecule is O=C1OCCCC(Br)O1. The Morgan fingerprint density at radius 2 is 2.44 bits per heavy atom. The average Bonchev–Trinajstić information content (AvgIpc) is 1.93. The third-order valence-corrected chi connectivity index (χ3v) is 1.66. The number of hydrogen-bond donors (Lipinski definition) is 0. The van der Waals surface area contributed by atoms with Crippen LogP contribution in [0.15, 0.2) is 0 Å². The van der Waals surface area contributed by atoms with Crippen molar-refractivity contribution in [2.45, 2.75) is 17.9 Å². The molecule has 0 aromatic heterocycles. The van der Waals surface area contributed by atoms with Crippen LogP contribution in [0.5, 0.6) is 0 Å². The van der Waals surface area contributed by atoms with Crippen molar-refractivity contribution in [1.29, 1.82) is 0 Å². The topological polar surface area (TPSA) is 35.5 Å². The molecule has 0 saturated carbocycles. The molecule has 0 bridgehead atoms. The van der Waals surface area contributed by atoms with Gasteiger partial charge in [-0.1, -0.05) is 0 Å². The highest BCUT2D eigenvalue weighted by Crippen LogP contribution is 2.14. The van der Waals surface area contributed by atoms with Crippen molar-refractivity contribution in [1.82, 2.24) is 0 Å². The van der Waals surface area contributed by atoms with E-state index in [9.17, 15) is 4.79 Å². The van der Waals surface area contributed by atoms with E-state index in [2.05, 4.69) is 25.4 Å². The predicted molar refractivity (Wildman–Crippen MR) is 34.4 cm³/mol. The summed E-state index contributed by atoms with van der Waals surface area (Å²) in [4.78, 5) is 10.4. The Kier molecular flexibility index (Phi) is 2.33. The van der Waals surface area contributed by atoms with E-state index in [1.165, 1.54) is 0 Å². The lowest BCUT2D eigenvalue weighted by Crippen LogP contribution is -2.08. The zero-order chi connectivity index (χ0) is 6.69. The molecule has 0 aromatic rings. The Bertz CT molecular complexity index is 115. The average molecular weight is 195 g/mol. The van der Waals surface area contributed by atoms with Crippen LogP contribution in [0.25, 0.3) is 0 Å². The number of carbonyl (C=O) groups excluding carboxylic acids is 1. The van der Waals surface area contributed by atoms with E-state index < -0.39 is 6.16 Å². The number of ether oxygens (including phenoxy) is 2. The molecule has 0 amide bonds. The fourth-order valence-electron chi connectivity index (χ4n) is 0.597. The van der Waals surface area contributed by atoms with Gasteiger partial charge in [0.2, 0.25) is 0 Å². The zero-order valence-corrected chi connectivity index (χ0v) is 6.39. The summed E-state index contributed by atoms with van der Waals surface area (Å²) < 4.78 is 9.25. The number of alkyl halides is 1. The second kappa shape index (κ2) is 3.06. The van der Waals surface area contributed by atoms with Crippen LogP contribution < -0.4 is 0 Å². The third kappa shape index (κ3) is 2.22. The van der Waals surface area contributed by atoms with Gasteiger partial charge in [-0.2, -0.15) is 0 Å². The predicted octanol–water partition coefficient (Wildman–Crippen LogP) is 1.65. The van der Waals surface area contributed by atoms with Crippen LogP contribution in [-0.2, 0) is 9.47 Å². The first-order chi connectivity index (χ1) is 4.29. The molecule has 0 aliphatic carbocycles. The maximum Gasteiger partial charge on any atom is 0.509 e. The first-order valence-electron chi connectivity index (χ1n) is 2.76. The summed E-state index contributed by atoms with van der Waals surface area (Å²) in [5, 5.41) is -0.160. The van der Waals surface area contributed by atoms with Gasteiger partial charge in [-0.15, -0.1) is 0 Å². The summed E-state index contributed by atoms with van der Waals surface area (Å²) in [6, 6.07) is 0. The summed E-state index contributed by atoms with van der Waals surface area (Å²) in [5.41, 5.74) is 0. The van der Waals surface area contributed by atoms with Crippen LogP contribution >= 0.6 is 15.9 Å². The maximum absolute atomic E-state index is 10.4. The standard InChI is InChI=1S/C5H7BrO3/c6-4-2-1-3-8-5(7)9-4/h4H,1-3H2. The Morgan fingerprint density at radius 1 is 1.67 bits per heavy atom. The minimum atomic E-state index is -0.575. The molecule has 0 radical (unpaired) electrons. The van der Waals surface area contributed by atoms with Crippen LogP contribution in [0, 0.1) is 0 Å². The van der Waals surface area contributed by atoms with Crippen LogP contribution in [0.3, 0.4) is 0 Å². The van der Waals surface area contributed by atoms with Crippen molar-refractivity contribution in [3.8, 4) is 0 Å². The van der Waals surface area contributed by atoms with Crippen LogP contribution in [0.2, 0.25) is 0 Å². The van der Waals surface area contributed by atoms with Crippen molar-refractivity contribution >= 4 is 22.1 Å². The van der Waals surface area contributed by atoms with Crippen LogP contribution in [0.4, 0.5) is 4.79 Å². The summed E-state index contributed by atoms with van der Waals surface area (Å²) in [7, 11) is 0.